The molecular weight excluding hydrogens is 458 g/mol. The minimum Gasteiger partial charge on any atom is -0.405 e. The topological polar surface area (TPSA) is 45.7 Å². The fourth-order valence-corrected chi connectivity index (χ4v) is 3.10. The van der Waals surface area contributed by atoms with Gasteiger partial charge in [-0.3, -0.25) is 4.99 Å². The minimum absolute atomic E-state index is 0. The van der Waals surface area contributed by atoms with Crippen LogP contribution in [0.25, 0.3) is 0 Å². The summed E-state index contributed by atoms with van der Waals surface area (Å²) in [5.74, 6) is 0.591. The molecule has 1 fully saturated rings. The van der Waals surface area contributed by atoms with Gasteiger partial charge in [-0.1, -0.05) is 30.4 Å². The summed E-state index contributed by atoms with van der Waals surface area (Å²) in [6, 6.07) is 6.73. The third kappa shape index (κ3) is 5.78. The van der Waals surface area contributed by atoms with Gasteiger partial charge in [-0.15, -0.1) is 37.1 Å². The van der Waals surface area contributed by atoms with E-state index in [2.05, 4.69) is 32.5 Å². The van der Waals surface area contributed by atoms with Gasteiger partial charge in [-0.2, -0.15) is 0 Å². The molecule has 8 heteroatoms. The number of halogens is 4. The van der Waals surface area contributed by atoms with Gasteiger partial charge in [0, 0.05) is 24.5 Å². The number of hydrogen-bond acceptors (Lipinski definition) is 2. The Morgan fingerprint density at radius 2 is 1.88 bits per heavy atom. The van der Waals surface area contributed by atoms with Crippen molar-refractivity contribution in [1.29, 1.82) is 0 Å². The van der Waals surface area contributed by atoms with Crippen LogP contribution in [0.1, 0.15) is 37.7 Å². The van der Waals surface area contributed by atoms with E-state index in [-0.39, 0.29) is 41.7 Å². The van der Waals surface area contributed by atoms with Gasteiger partial charge in [-0.05, 0) is 37.8 Å². The maximum Gasteiger partial charge on any atom is 0.573 e. The average Bonchev–Trinajstić information content (AvgIpc) is 3.09. The molecule has 1 aromatic rings. The van der Waals surface area contributed by atoms with E-state index in [0.29, 0.717) is 18.2 Å². The molecule has 0 aromatic heterocycles. The number of aliphatic imine (C=N–C) groups is 1. The van der Waals surface area contributed by atoms with Crippen LogP contribution in [0.15, 0.2) is 41.4 Å². The van der Waals surface area contributed by atoms with Crippen molar-refractivity contribution in [2.24, 2.45) is 4.99 Å². The SMILES string of the molecule is CCN=C(NC1CC=CC1)NC1CC1c1ccccc1OC(F)(F)F.I. The van der Waals surface area contributed by atoms with Gasteiger partial charge in [0.15, 0.2) is 5.96 Å². The van der Waals surface area contributed by atoms with E-state index in [1.165, 1.54) is 6.07 Å². The smallest absolute Gasteiger partial charge is 0.405 e. The zero-order valence-corrected chi connectivity index (χ0v) is 16.8. The molecule has 144 valence electrons. The van der Waals surface area contributed by atoms with Crippen molar-refractivity contribution < 1.29 is 17.9 Å². The van der Waals surface area contributed by atoms with Crippen molar-refractivity contribution in [3.05, 3.63) is 42.0 Å². The van der Waals surface area contributed by atoms with Gasteiger partial charge in [0.25, 0.3) is 0 Å². The standard InChI is InChI=1S/C18H22F3N3O.HI/c1-2-22-17(23-12-7-3-4-8-12)24-15-11-14(15)13-9-5-6-10-16(13)25-18(19,20)21;/h3-6,9-10,12,14-15H,2,7-8,11H2,1H3,(H2,22,23,24);1H. The Morgan fingerprint density at radius 3 is 2.54 bits per heavy atom. The highest BCUT2D eigenvalue weighted by Gasteiger charge is 2.42. The summed E-state index contributed by atoms with van der Waals surface area (Å²) in [4.78, 5) is 4.43. The van der Waals surface area contributed by atoms with E-state index in [1.54, 1.807) is 18.2 Å². The molecule has 2 atom stereocenters. The van der Waals surface area contributed by atoms with Gasteiger partial charge >= 0.3 is 6.36 Å². The number of ether oxygens (including phenoxy) is 1. The molecule has 0 heterocycles. The fourth-order valence-electron chi connectivity index (χ4n) is 3.10. The Morgan fingerprint density at radius 1 is 1.19 bits per heavy atom. The van der Waals surface area contributed by atoms with Crippen LogP contribution < -0.4 is 15.4 Å². The highest BCUT2D eigenvalue weighted by Crippen LogP contribution is 2.45. The van der Waals surface area contributed by atoms with Crippen LogP contribution in [0, 0.1) is 0 Å². The fraction of sp³-hybridized carbons (Fsp3) is 0.500. The molecule has 2 unspecified atom stereocenters. The second-order valence-electron chi connectivity index (χ2n) is 6.29. The first-order valence-corrected chi connectivity index (χ1v) is 8.53. The van der Waals surface area contributed by atoms with Crippen LogP contribution in [0.5, 0.6) is 5.75 Å². The summed E-state index contributed by atoms with van der Waals surface area (Å²) in [6.45, 7) is 2.59. The molecule has 0 spiro atoms. The molecule has 4 nitrogen and oxygen atoms in total. The van der Waals surface area contributed by atoms with E-state index < -0.39 is 6.36 Å². The minimum atomic E-state index is -4.68. The van der Waals surface area contributed by atoms with Crippen LogP contribution in [0.2, 0.25) is 0 Å². The molecule has 0 bridgehead atoms. The van der Waals surface area contributed by atoms with E-state index in [0.717, 1.165) is 25.2 Å². The Bertz CT molecular complexity index is 655. The number of nitrogens with zero attached hydrogens (tertiary/aromatic N) is 1. The van der Waals surface area contributed by atoms with Crippen LogP contribution in [0.4, 0.5) is 13.2 Å². The molecular formula is C18H23F3IN3O. The van der Waals surface area contributed by atoms with E-state index in [1.807, 2.05) is 6.92 Å². The number of benzene rings is 1. The molecule has 1 aromatic carbocycles. The van der Waals surface area contributed by atoms with Gasteiger partial charge < -0.3 is 15.4 Å². The predicted molar refractivity (Wildman–Crippen MR) is 106 cm³/mol. The molecule has 2 N–H and O–H groups in total. The van der Waals surface area contributed by atoms with Gasteiger partial charge in [0.1, 0.15) is 5.75 Å². The first kappa shape index (κ1) is 20.9. The van der Waals surface area contributed by atoms with E-state index in [4.69, 9.17) is 0 Å². The predicted octanol–water partition coefficient (Wildman–Crippen LogP) is 4.33. The third-order valence-electron chi connectivity index (χ3n) is 4.32. The maximum absolute atomic E-state index is 12.6. The van der Waals surface area contributed by atoms with Crippen LogP contribution >= 0.6 is 24.0 Å². The van der Waals surface area contributed by atoms with Crippen molar-refractivity contribution in [2.75, 3.05) is 6.54 Å². The van der Waals surface area contributed by atoms with Crippen LogP contribution in [0.3, 0.4) is 0 Å². The number of hydrogen-bond donors (Lipinski definition) is 2. The van der Waals surface area contributed by atoms with Gasteiger partial charge in [0.2, 0.25) is 0 Å². The average molecular weight is 481 g/mol. The Balaban J connectivity index is 0.00000243. The molecule has 26 heavy (non-hydrogen) atoms. The van der Waals surface area contributed by atoms with Gasteiger partial charge in [-0.25, -0.2) is 0 Å². The highest BCUT2D eigenvalue weighted by molar-refractivity contribution is 14.0. The van der Waals surface area contributed by atoms with Crippen molar-refractivity contribution >= 4 is 29.9 Å². The molecule has 1 saturated carbocycles. The quantitative estimate of drug-likeness (QED) is 0.285. The van der Waals surface area contributed by atoms with Crippen LogP contribution in [-0.4, -0.2) is 31.0 Å². The summed E-state index contributed by atoms with van der Waals surface area (Å²) in [5, 5.41) is 6.71. The second kappa shape index (κ2) is 8.96. The zero-order chi connectivity index (χ0) is 17.9. The van der Waals surface area contributed by atoms with Crippen molar-refractivity contribution in [2.45, 2.75) is 50.6 Å². The van der Waals surface area contributed by atoms with Crippen molar-refractivity contribution in [1.82, 2.24) is 10.6 Å². The lowest BCUT2D eigenvalue weighted by molar-refractivity contribution is -0.274. The Labute approximate surface area is 168 Å². The monoisotopic (exact) mass is 481 g/mol. The number of para-hydroxylation sites is 1. The highest BCUT2D eigenvalue weighted by atomic mass is 127. The first-order valence-electron chi connectivity index (χ1n) is 8.53. The molecule has 2 aliphatic carbocycles. The first-order chi connectivity index (χ1) is 12.0. The summed E-state index contributed by atoms with van der Waals surface area (Å²) < 4.78 is 41.9. The van der Waals surface area contributed by atoms with E-state index >= 15 is 0 Å². The summed E-state index contributed by atoms with van der Waals surface area (Å²) in [5.41, 5.74) is 0.579. The largest absolute Gasteiger partial charge is 0.573 e. The molecule has 3 rings (SSSR count). The molecule has 0 amide bonds. The third-order valence-corrected chi connectivity index (χ3v) is 4.32. The number of rotatable bonds is 5. The number of nitrogens with one attached hydrogen (secondary N) is 2. The lowest BCUT2D eigenvalue weighted by atomic mass is 10.1. The molecule has 2 aliphatic rings. The zero-order valence-electron chi connectivity index (χ0n) is 14.4. The van der Waals surface area contributed by atoms with Crippen molar-refractivity contribution in [3.63, 3.8) is 0 Å². The maximum atomic E-state index is 12.6. The van der Waals surface area contributed by atoms with E-state index in [9.17, 15) is 13.2 Å². The summed E-state index contributed by atoms with van der Waals surface area (Å²) >= 11 is 0. The Kier molecular flexibility index (Phi) is 7.19. The lowest BCUT2D eigenvalue weighted by Crippen LogP contribution is -2.43. The number of alkyl halides is 3. The molecule has 0 radical (unpaired) electrons. The molecule has 0 aliphatic heterocycles. The summed E-state index contributed by atoms with van der Waals surface area (Å²) in [7, 11) is 0. The van der Waals surface area contributed by atoms with Crippen LogP contribution in [-0.2, 0) is 0 Å². The lowest BCUT2D eigenvalue weighted by Gasteiger charge is -2.18. The number of guanidine groups is 1. The second-order valence-corrected chi connectivity index (χ2v) is 6.29. The van der Waals surface area contributed by atoms with Crippen molar-refractivity contribution in [3.8, 4) is 5.75 Å². The molecule has 0 saturated heterocycles. The summed E-state index contributed by atoms with van der Waals surface area (Å²) in [6.07, 6.45) is 2.25. The van der Waals surface area contributed by atoms with Gasteiger partial charge in [0.05, 0.1) is 0 Å². The Hall–Kier alpha value is -1.45. The normalized spacial score (nSPS) is 22.7.